The molecule has 0 fully saturated rings. The van der Waals surface area contributed by atoms with Gasteiger partial charge in [-0.05, 0) is 26.0 Å². The van der Waals surface area contributed by atoms with Crippen molar-refractivity contribution < 1.29 is 9.53 Å². The van der Waals surface area contributed by atoms with Gasteiger partial charge < -0.3 is 15.8 Å². The van der Waals surface area contributed by atoms with E-state index in [2.05, 4.69) is 15.2 Å². The lowest BCUT2D eigenvalue weighted by Gasteiger charge is -2.07. The third-order valence-electron chi connectivity index (χ3n) is 3.27. The van der Waals surface area contributed by atoms with Gasteiger partial charge in [0.05, 0.1) is 11.4 Å². The highest BCUT2D eigenvalue weighted by Crippen LogP contribution is 2.17. The Kier molecular flexibility index (Phi) is 4.94. The van der Waals surface area contributed by atoms with E-state index in [1.807, 2.05) is 48.9 Å². The lowest BCUT2D eigenvalue weighted by molar-refractivity contribution is 0.157. The van der Waals surface area contributed by atoms with Gasteiger partial charge in [-0.1, -0.05) is 18.2 Å². The van der Waals surface area contributed by atoms with Gasteiger partial charge in [-0.2, -0.15) is 5.10 Å². The van der Waals surface area contributed by atoms with E-state index in [1.165, 1.54) is 0 Å². The van der Waals surface area contributed by atoms with Crippen molar-refractivity contribution in [3.63, 3.8) is 0 Å². The molecule has 21 heavy (non-hydrogen) atoms. The predicted octanol–water partition coefficient (Wildman–Crippen LogP) is 1.67. The molecule has 1 heterocycles. The Balaban J connectivity index is 2.01. The number of hydrogen-bond donors (Lipinski definition) is 2. The zero-order valence-corrected chi connectivity index (χ0v) is 12.3. The number of ether oxygens (including phenoxy) is 1. The molecule has 0 aliphatic carbocycles. The second-order valence-electron chi connectivity index (χ2n) is 4.74. The number of rotatable bonds is 6. The Bertz CT molecular complexity index is 608. The van der Waals surface area contributed by atoms with Crippen LogP contribution in [0.5, 0.6) is 0 Å². The van der Waals surface area contributed by atoms with Gasteiger partial charge in [0.15, 0.2) is 0 Å². The van der Waals surface area contributed by atoms with Gasteiger partial charge in [0.2, 0.25) is 0 Å². The van der Waals surface area contributed by atoms with E-state index >= 15 is 0 Å². The normalized spacial score (nSPS) is 10.6. The molecule has 3 N–H and O–H groups in total. The van der Waals surface area contributed by atoms with E-state index in [9.17, 15) is 4.79 Å². The summed E-state index contributed by atoms with van der Waals surface area (Å²) in [5.74, 6) is 0. The molecule has 0 unspecified atom stereocenters. The van der Waals surface area contributed by atoms with Crippen LogP contribution >= 0.6 is 0 Å². The van der Waals surface area contributed by atoms with E-state index in [-0.39, 0.29) is 6.61 Å². The van der Waals surface area contributed by atoms with Gasteiger partial charge in [-0.15, -0.1) is 0 Å². The first-order valence-electron chi connectivity index (χ1n) is 6.83. The van der Waals surface area contributed by atoms with Crippen molar-refractivity contribution in [1.29, 1.82) is 0 Å². The van der Waals surface area contributed by atoms with E-state index in [0.29, 0.717) is 13.1 Å². The number of carbonyl (C=O) groups excluding carboxylic acids is 1. The van der Waals surface area contributed by atoms with Gasteiger partial charge in [-0.3, -0.25) is 0 Å². The predicted molar refractivity (Wildman–Crippen MR) is 80.3 cm³/mol. The van der Waals surface area contributed by atoms with Gasteiger partial charge in [0, 0.05) is 24.3 Å². The maximum atomic E-state index is 10.5. The molecule has 2 rings (SSSR count). The standard InChI is InChI=1S/C15H20N4O2/c1-11-14(10-17-8-9-21-15(16)20)12(2)19(18-11)13-6-4-3-5-7-13/h3-7,17H,8-10H2,1-2H3,(H2,16,20). The van der Waals surface area contributed by atoms with Crippen LogP contribution in [0.3, 0.4) is 0 Å². The molecule has 1 aromatic heterocycles. The maximum absolute atomic E-state index is 10.5. The third-order valence-corrected chi connectivity index (χ3v) is 3.27. The molecule has 0 saturated heterocycles. The van der Waals surface area contributed by atoms with Crippen molar-refractivity contribution in [3.05, 3.63) is 47.3 Å². The lowest BCUT2D eigenvalue weighted by Crippen LogP contribution is -2.23. The lowest BCUT2D eigenvalue weighted by atomic mass is 10.2. The molecular formula is C15H20N4O2. The van der Waals surface area contributed by atoms with Crippen LogP contribution in [0.4, 0.5) is 4.79 Å². The smallest absolute Gasteiger partial charge is 0.404 e. The minimum Gasteiger partial charge on any atom is -0.448 e. The number of hydrogen-bond acceptors (Lipinski definition) is 4. The fraction of sp³-hybridized carbons (Fsp3) is 0.333. The number of nitrogens with two attached hydrogens (primary N) is 1. The molecule has 6 heteroatoms. The van der Waals surface area contributed by atoms with Crippen molar-refractivity contribution >= 4 is 6.09 Å². The SMILES string of the molecule is Cc1nn(-c2ccccc2)c(C)c1CNCCOC(N)=O. The highest BCUT2D eigenvalue weighted by Gasteiger charge is 2.12. The molecule has 1 amide bonds. The highest BCUT2D eigenvalue weighted by molar-refractivity contribution is 5.64. The number of nitrogens with zero attached hydrogens (tertiary/aromatic N) is 2. The number of para-hydroxylation sites is 1. The van der Waals surface area contributed by atoms with Crippen LogP contribution in [0, 0.1) is 13.8 Å². The van der Waals surface area contributed by atoms with Gasteiger partial charge in [0.1, 0.15) is 6.61 Å². The molecular weight excluding hydrogens is 268 g/mol. The summed E-state index contributed by atoms with van der Waals surface area (Å²) in [6.07, 6.45) is -0.749. The summed E-state index contributed by atoms with van der Waals surface area (Å²) in [6, 6.07) is 10.0. The zero-order valence-electron chi connectivity index (χ0n) is 12.3. The number of benzene rings is 1. The Morgan fingerprint density at radius 3 is 2.71 bits per heavy atom. The molecule has 0 radical (unpaired) electrons. The van der Waals surface area contributed by atoms with Gasteiger partial charge in [0.25, 0.3) is 0 Å². The van der Waals surface area contributed by atoms with Crippen molar-refractivity contribution in [3.8, 4) is 5.69 Å². The molecule has 1 aromatic carbocycles. The van der Waals surface area contributed by atoms with E-state index < -0.39 is 6.09 Å². The average molecular weight is 288 g/mol. The van der Waals surface area contributed by atoms with Crippen molar-refractivity contribution in [1.82, 2.24) is 15.1 Å². The summed E-state index contributed by atoms with van der Waals surface area (Å²) in [7, 11) is 0. The molecule has 112 valence electrons. The van der Waals surface area contributed by atoms with E-state index in [0.717, 1.165) is 22.6 Å². The van der Waals surface area contributed by atoms with Crippen LogP contribution in [-0.4, -0.2) is 29.0 Å². The topological polar surface area (TPSA) is 82.2 Å². The van der Waals surface area contributed by atoms with Crippen LogP contribution in [0.25, 0.3) is 5.69 Å². The fourth-order valence-electron chi connectivity index (χ4n) is 2.19. The number of primary amides is 1. The first-order chi connectivity index (χ1) is 10.1. The zero-order chi connectivity index (χ0) is 15.2. The molecule has 0 saturated carbocycles. The molecule has 0 aliphatic rings. The summed E-state index contributed by atoms with van der Waals surface area (Å²) in [5.41, 5.74) is 9.18. The monoisotopic (exact) mass is 288 g/mol. The summed E-state index contributed by atoms with van der Waals surface area (Å²) < 4.78 is 6.61. The Labute approximate surface area is 123 Å². The first-order valence-corrected chi connectivity index (χ1v) is 6.83. The molecule has 6 nitrogen and oxygen atoms in total. The van der Waals surface area contributed by atoms with Crippen LogP contribution < -0.4 is 11.1 Å². The second-order valence-corrected chi connectivity index (χ2v) is 4.74. The largest absolute Gasteiger partial charge is 0.448 e. The number of aryl methyl sites for hydroxylation is 1. The fourth-order valence-corrected chi connectivity index (χ4v) is 2.19. The molecule has 2 aromatic rings. The Morgan fingerprint density at radius 2 is 2.05 bits per heavy atom. The quantitative estimate of drug-likeness (QED) is 0.792. The Morgan fingerprint density at radius 1 is 1.33 bits per heavy atom. The molecule has 0 bridgehead atoms. The number of aromatic nitrogens is 2. The second kappa shape index (κ2) is 6.90. The molecule has 0 atom stereocenters. The van der Waals surface area contributed by atoms with Gasteiger partial charge >= 0.3 is 6.09 Å². The van der Waals surface area contributed by atoms with Crippen molar-refractivity contribution in [2.75, 3.05) is 13.2 Å². The van der Waals surface area contributed by atoms with Crippen molar-refractivity contribution in [2.24, 2.45) is 5.73 Å². The minimum absolute atomic E-state index is 0.264. The number of nitrogens with one attached hydrogen (secondary N) is 1. The number of carbonyl (C=O) groups is 1. The number of amides is 1. The summed E-state index contributed by atoms with van der Waals surface area (Å²) in [6.45, 7) is 5.53. The van der Waals surface area contributed by atoms with Crippen LogP contribution in [0.2, 0.25) is 0 Å². The first kappa shape index (κ1) is 15.1. The third kappa shape index (κ3) is 3.82. The van der Waals surface area contributed by atoms with E-state index in [4.69, 9.17) is 5.73 Å². The molecule has 0 aliphatic heterocycles. The summed E-state index contributed by atoms with van der Waals surface area (Å²) >= 11 is 0. The Hall–Kier alpha value is -2.34. The van der Waals surface area contributed by atoms with Crippen LogP contribution in [-0.2, 0) is 11.3 Å². The van der Waals surface area contributed by atoms with Crippen molar-refractivity contribution in [2.45, 2.75) is 20.4 Å². The maximum Gasteiger partial charge on any atom is 0.404 e. The van der Waals surface area contributed by atoms with Gasteiger partial charge in [-0.25, -0.2) is 9.48 Å². The summed E-state index contributed by atoms with van der Waals surface area (Å²) in [5, 5.41) is 7.80. The average Bonchev–Trinajstić information content (AvgIpc) is 2.75. The summed E-state index contributed by atoms with van der Waals surface area (Å²) in [4.78, 5) is 10.5. The minimum atomic E-state index is -0.749. The molecule has 0 spiro atoms. The highest BCUT2D eigenvalue weighted by atomic mass is 16.5. The van der Waals surface area contributed by atoms with Crippen LogP contribution in [0.15, 0.2) is 30.3 Å². The van der Waals surface area contributed by atoms with E-state index in [1.54, 1.807) is 0 Å². The van der Waals surface area contributed by atoms with Crippen LogP contribution in [0.1, 0.15) is 17.0 Å².